The van der Waals surface area contributed by atoms with E-state index in [1.807, 2.05) is 10.7 Å². The van der Waals surface area contributed by atoms with Crippen molar-refractivity contribution < 1.29 is 4.74 Å². The summed E-state index contributed by atoms with van der Waals surface area (Å²) in [4.78, 5) is 4.42. The van der Waals surface area contributed by atoms with Gasteiger partial charge in [-0.15, -0.1) is 0 Å². The van der Waals surface area contributed by atoms with E-state index in [-0.39, 0.29) is 0 Å². The second kappa shape index (κ2) is 7.24. The summed E-state index contributed by atoms with van der Waals surface area (Å²) in [5, 5.41) is 7.97. The second-order valence-corrected chi connectivity index (χ2v) is 5.31. The molecule has 0 spiro atoms. The molecule has 110 valence electrons. The predicted octanol–water partition coefficient (Wildman–Crippen LogP) is 3.08. The number of anilines is 1. The lowest BCUT2D eigenvalue weighted by molar-refractivity contribution is 0.192. The molecule has 0 radical (unpaired) electrons. The van der Waals surface area contributed by atoms with Crippen LogP contribution in [-0.4, -0.2) is 34.9 Å². The van der Waals surface area contributed by atoms with Crippen LogP contribution in [0.25, 0.3) is 5.52 Å². The molecule has 5 heteroatoms. The number of aromatic nitrogens is 3. The van der Waals surface area contributed by atoms with Gasteiger partial charge in [0, 0.05) is 32.7 Å². The molecule has 0 atom stereocenters. The van der Waals surface area contributed by atoms with Crippen molar-refractivity contribution in [1.29, 1.82) is 0 Å². The predicted molar refractivity (Wildman–Crippen MR) is 81.3 cm³/mol. The summed E-state index contributed by atoms with van der Waals surface area (Å²) in [6, 6.07) is 2.12. The lowest BCUT2D eigenvalue weighted by Crippen LogP contribution is -2.05. The van der Waals surface area contributed by atoms with E-state index in [1.165, 1.54) is 6.42 Å². The first kappa shape index (κ1) is 14.8. The van der Waals surface area contributed by atoms with Gasteiger partial charge in [-0.05, 0) is 31.2 Å². The molecule has 0 saturated carbocycles. The van der Waals surface area contributed by atoms with Gasteiger partial charge in [0.1, 0.15) is 5.52 Å². The van der Waals surface area contributed by atoms with Gasteiger partial charge in [0.2, 0.25) is 0 Å². The summed E-state index contributed by atoms with van der Waals surface area (Å²) in [5.41, 5.74) is 2.15. The van der Waals surface area contributed by atoms with Crippen LogP contribution in [0.3, 0.4) is 0 Å². The first-order valence-corrected chi connectivity index (χ1v) is 7.29. The normalized spacial score (nSPS) is 11.4. The Morgan fingerprint density at radius 1 is 1.30 bits per heavy atom. The van der Waals surface area contributed by atoms with Crippen LogP contribution >= 0.6 is 0 Å². The lowest BCUT2D eigenvalue weighted by Gasteiger charge is -2.06. The van der Waals surface area contributed by atoms with Crippen LogP contribution in [0, 0.1) is 0 Å². The number of ether oxygens (including phenoxy) is 1. The Morgan fingerprint density at radius 2 is 2.15 bits per heavy atom. The van der Waals surface area contributed by atoms with Crippen LogP contribution in [0.5, 0.6) is 0 Å². The zero-order valence-electron chi connectivity index (χ0n) is 12.6. The Morgan fingerprint density at radius 3 is 2.90 bits per heavy atom. The third-order valence-corrected chi connectivity index (χ3v) is 3.32. The molecule has 0 fully saturated rings. The molecule has 0 aliphatic carbocycles. The van der Waals surface area contributed by atoms with E-state index in [2.05, 4.69) is 35.3 Å². The first-order chi connectivity index (χ1) is 9.72. The topological polar surface area (TPSA) is 51.5 Å². The molecule has 2 heterocycles. The highest BCUT2D eigenvalue weighted by molar-refractivity contribution is 5.67. The largest absolute Gasteiger partial charge is 0.385 e. The maximum absolute atomic E-state index is 5.05. The smallest absolute Gasteiger partial charge is 0.152 e. The van der Waals surface area contributed by atoms with Gasteiger partial charge in [-0.25, -0.2) is 9.50 Å². The minimum absolute atomic E-state index is 0.428. The summed E-state index contributed by atoms with van der Waals surface area (Å²) in [6.07, 6.45) is 7.08. The van der Waals surface area contributed by atoms with Gasteiger partial charge in [-0.1, -0.05) is 13.8 Å². The van der Waals surface area contributed by atoms with Gasteiger partial charge >= 0.3 is 0 Å². The standard InChI is InChI=1S/C15H24N4O/c1-12(2)13-11-14-15(17-8-9-19(14)18-13)16-7-5-4-6-10-20-3/h8-9,11-12H,4-7,10H2,1-3H3,(H,16,17). The molecule has 0 aliphatic heterocycles. The number of rotatable bonds is 8. The molecular formula is C15H24N4O. The SMILES string of the molecule is COCCCCCNc1nccn2nc(C(C)C)cc12. The van der Waals surface area contributed by atoms with E-state index >= 15 is 0 Å². The molecule has 0 aromatic carbocycles. The molecule has 0 unspecified atom stereocenters. The van der Waals surface area contributed by atoms with Gasteiger partial charge < -0.3 is 10.1 Å². The van der Waals surface area contributed by atoms with Crippen LogP contribution in [0.2, 0.25) is 0 Å². The van der Waals surface area contributed by atoms with Gasteiger partial charge in [0.25, 0.3) is 0 Å². The second-order valence-electron chi connectivity index (χ2n) is 5.31. The minimum Gasteiger partial charge on any atom is -0.385 e. The fourth-order valence-electron chi connectivity index (χ4n) is 2.11. The zero-order chi connectivity index (χ0) is 14.4. The third-order valence-electron chi connectivity index (χ3n) is 3.32. The first-order valence-electron chi connectivity index (χ1n) is 7.29. The number of fused-ring (bicyclic) bond motifs is 1. The molecular weight excluding hydrogens is 252 g/mol. The average Bonchev–Trinajstić information content (AvgIpc) is 2.87. The van der Waals surface area contributed by atoms with Gasteiger partial charge in [0.15, 0.2) is 5.82 Å². The van der Waals surface area contributed by atoms with Gasteiger partial charge in [0.05, 0.1) is 5.69 Å². The maximum Gasteiger partial charge on any atom is 0.152 e. The minimum atomic E-state index is 0.428. The summed E-state index contributed by atoms with van der Waals surface area (Å²) in [5.74, 6) is 1.34. The summed E-state index contributed by atoms with van der Waals surface area (Å²) in [6.45, 7) is 6.07. The highest BCUT2D eigenvalue weighted by Crippen LogP contribution is 2.19. The van der Waals surface area contributed by atoms with Crippen molar-refractivity contribution in [3.63, 3.8) is 0 Å². The molecule has 20 heavy (non-hydrogen) atoms. The van der Waals surface area contributed by atoms with Crippen molar-refractivity contribution >= 4 is 11.3 Å². The van der Waals surface area contributed by atoms with Crippen molar-refractivity contribution in [2.24, 2.45) is 0 Å². The van der Waals surface area contributed by atoms with Crippen LogP contribution in [-0.2, 0) is 4.74 Å². The average molecular weight is 276 g/mol. The van der Waals surface area contributed by atoms with E-state index < -0.39 is 0 Å². The van der Waals surface area contributed by atoms with Crippen LogP contribution in [0.1, 0.15) is 44.7 Å². The molecule has 0 bridgehead atoms. The number of methoxy groups -OCH3 is 1. The molecule has 2 aromatic rings. The number of unbranched alkanes of at least 4 members (excludes halogenated alkanes) is 2. The summed E-state index contributed by atoms with van der Waals surface area (Å²) < 4.78 is 6.94. The van der Waals surface area contributed by atoms with E-state index in [9.17, 15) is 0 Å². The Kier molecular flexibility index (Phi) is 5.35. The molecule has 2 rings (SSSR count). The highest BCUT2D eigenvalue weighted by atomic mass is 16.5. The number of hydrogen-bond acceptors (Lipinski definition) is 4. The molecule has 0 aliphatic rings. The van der Waals surface area contributed by atoms with Gasteiger partial charge in [-0.3, -0.25) is 0 Å². The Labute approximate surface area is 120 Å². The summed E-state index contributed by atoms with van der Waals surface area (Å²) >= 11 is 0. The van der Waals surface area contributed by atoms with Crippen LogP contribution < -0.4 is 5.32 Å². The van der Waals surface area contributed by atoms with Crippen LogP contribution in [0.4, 0.5) is 5.82 Å². The molecule has 2 aromatic heterocycles. The van der Waals surface area contributed by atoms with Crippen molar-refractivity contribution in [2.45, 2.75) is 39.0 Å². The monoisotopic (exact) mass is 276 g/mol. The number of nitrogens with one attached hydrogen (secondary N) is 1. The Balaban J connectivity index is 1.95. The molecule has 0 saturated heterocycles. The van der Waals surface area contributed by atoms with Crippen molar-refractivity contribution in [3.8, 4) is 0 Å². The maximum atomic E-state index is 5.05. The van der Waals surface area contributed by atoms with Crippen molar-refractivity contribution in [3.05, 3.63) is 24.2 Å². The fourth-order valence-corrected chi connectivity index (χ4v) is 2.11. The molecule has 5 nitrogen and oxygen atoms in total. The Hall–Kier alpha value is -1.62. The number of nitrogens with zero attached hydrogens (tertiary/aromatic N) is 3. The van der Waals surface area contributed by atoms with E-state index in [4.69, 9.17) is 4.74 Å². The quantitative estimate of drug-likeness (QED) is 0.753. The van der Waals surface area contributed by atoms with E-state index in [0.29, 0.717) is 5.92 Å². The van der Waals surface area contributed by atoms with Crippen molar-refractivity contribution in [1.82, 2.24) is 14.6 Å². The molecule has 1 N–H and O–H groups in total. The highest BCUT2D eigenvalue weighted by Gasteiger charge is 2.09. The number of hydrogen-bond donors (Lipinski definition) is 1. The van der Waals surface area contributed by atoms with Crippen molar-refractivity contribution in [2.75, 3.05) is 25.6 Å². The fraction of sp³-hybridized carbons (Fsp3) is 0.600. The van der Waals surface area contributed by atoms with Crippen LogP contribution in [0.15, 0.2) is 18.5 Å². The van der Waals surface area contributed by atoms with E-state index in [0.717, 1.165) is 43.0 Å². The third kappa shape index (κ3) is 3.70. The Bertz CT molecular complexity index is 536. The van der Waals surface area contributed by atoms with Gasteiger partial charge in [-0.2, -0.15) is 5.10 Å². The zero-order valence-corrected chi connectivity index (χ0v) is 12.6. The lowest BCUT2D eigenvalue weighted by atomic mass is 10.1. The van der Waals surface area contributed by atoms with E-state index in [1.54, 1.807) is 13.3 Å². The summed E-state index contributed by atoms with van der Waals surface area (Å²) in [7, 11) is 1.74. The molecule has 0 amide bonds.